The molecule has 0 aromatic carbocycles. The number of ether oxygens (including phenoxy) is 1. The van der Waals surface area contributed by atoms with Gasteiger partial charge < -0.3 is 9.30 Å². The van der Waals surface area contributed by atoms with Gasteiger partial charge in [-0.25, -0.2) is 4.98 Å². The van der Waals surface area contributed by atoms with Crippen LogP contribution in [0.2, 0.25) is 0 Å². The Labute approximate surface area is 97.2 Å². The van der Waals surface area contributed by atoms with Gasteiger partial charge in [-0.1, -0.05) is 0 Å². The number of fused-ring (bicyclic) bond motifs is 1. The molecule has 0 aliphatic carbocycles. The Kier molecular flexibility index (Phi) is 3.38. The molecule has 2 heterocycles. The maximum Gasteiger partial charge on any atom is 0.108 e. The quantitative estimate of drug-likeness (QED) is 0.630. The van der Waals surface area contributed by atoms with E-state index < -0.39 is 0 Å². The standard InChI is InChI=1S/C11H13BrN2O/c1-15-6-2-4-14-5-3-9-8-13-11(12)7-10(9)14/h3,5,7-8H,2,4,6H2,1H3. The summed E-state index contributed by atoms with van der Waals surface area (Å²) in [7, 11) is 1.73. The van der Waals surface area contributed by atoms with E-state index >= 15 is 0 Å². The number of nitrogens with zero attached hydrogens (tertiary/aromatic N) is 2. The maximum atomic E-state index is 5.04. The molecule has 0 atom stereocenters. The Balaban J connectivity index is 2.23. The number of pyridine rings is 1. The van der Waals surface area contributed by atoms with E-state index in [9.17, 15) is 0 Å². The van der Waals surface area contributed by atoms with Crippen molar-refractivity contribution in [3.63, 3.8) is 0 Å². The van der Waals surface area contributed by atoms with Gasteiger partial charge in [0.25, 0.3) is 0 Å². The van der Waals surface area contributed by atoms with Gasteiger partial charge >= 0.3 is 0 Å². The first-order valence-electron chi connectivity index (χ1n) is 4.90. The molecule has 0 fully saturated rings. The molecule has 80 valence electrons. The molecule has 0 spiro atoms. The highest BCUT2D eigenvalue weighted by Crippen LogP contribution is 2.18. The van der Waals surface area contributed by atoms with E-state index in [1.807, 2.05) is 12.3 Å². The Morgan fingerprint density at radius 3 is 3.20 bits per heavy atom. The summed E-state index contributed by atoms with van der Waals surface area (Å²) in [6.07, 6.45) is 5.00. The average molecular weight is 269 g/mol. The Hall–Kier alpha value is -0.870. The van der Waals surface area contributed by atoms with Gasteiger partial charge in [0, 0.05) is 38.0 Å². The number of aromatic nitrogens is 2. The van der Waals surface area contributed by atoms with Crippen molar-refractivity contribution >= 4 is 26.8 Å². The first-order chi connectivity index (χ1) is 7.31. The molecule has 2 aromatic rings. The zero-order chi connectivity index (χ0) is 10.7. The molecule has 3 nitrogen and oxygen atoms in total. The normalized spacial score (nSPS) is 11.1. The number of halogens is 1. The van der Waals surface area contributed by atoms with Gasteiger partial charge in [0.1, 0.15) is 4.60 Å². The summed E-state index contributed by atoms with van der Waals surface area (Å²) in [6, 6.07) is 4.13. The third-order valence-corrected chi connectivity index (χ3v) is 2.80. The minimum Gasteiger partial charge on any atom is -0.385 e. The number of hydrogen-bond acceptors (Lipinski definition) is 2. The van der Waals surface area contributed by atoms with E-state index in [4.69, 9.17) is 4.74 Å². The fraction of sp³-hybridized carbons (Fsp3) is 0.364. The lowest BCUT2D eigenvalue weighted by Gasteiger charge is -2.04. The number of aryl methyl sites for hydroxylation is 1. The van der Waals surface area contributed by atoms with Crippen molar-refractivity contribution in [1.82, 2.24) is 9.55 Å². The number of methoxy groups -OCH3 is 1. The van der Waals surface area contributed by atoms with Crippen LogP contribution in [-0.2, 0) is 11.3 Å². The molecule has 2 aromatic heterocycles. The molecule has 0 bridgehead atoms. The molecule has 0 saturated carbocycles. The third kappa shape index (κ3) is 2.38. The van der Waals surface area contributed by atoms with Gasteiger partial charge in [0.05, 0.1) is 5.52 Å². The summed E-state index contributed by atoms with van der Waals surface area (Å²) in [5.41, 5.74) is 1.22. The number of hydrogen-bond donors (Lipinski definition) is 0. The molecule has 15 heavy (non-hydrogen) atoms. The zero-order valence-electron chi connectivity index (χ0n) is 8.61. The van der Waals surface area contributed by atoms with E-state index in [0.29, 0.717) is 0 Å². The molecule has 0 saturated heterocycles. The predicted octanol–water partition coefficient (Wildman–Crippen LogP) is 2.84. The second kappa shape index (κ2) is 4.77. The van der Waals surface area contributed by atoms with E-state index in [0.717, 1.165) is 24.2 Å². The van der Waals surface area contributed by atoms with Gasteiger partial charge in [-0.3, -0.25) is 0 Å². The van der Waals surface area contributed by atoms with Crippen molar-refractivity contribution in [3.05, 3.63) is 29.1 Å². The van der Waals surface area contributed by atoms with Crippen LogP contribution in [0.5, 0.6) is 0 Å². The van der Waals surface area contributed by atoms with Crippen LogP contribution in [0.4, 0.5) is 0 Å². The summed E-state index contributed by atoms with van der Waals surface area (Å²) in [4.78, 5) is 4.20. The topological polar surface area (TPSA) is 27.1 Å². The van der Waals surface area contributed by atoms with Crippen LogP contribution in [0.25, 0.3) is 10.9 Å². The molecule has 2 rings (SSSR count). The molecule has 0 amide bonds. The van der Waals surface area contributed by atoms with Crippen LogP contribution in [0.1, 0.15) is 6.42 Å². The summed E-state index contributed by atoms with van der Waals surface area (Å²) in [5.74, 6) is 0. The van der Waals surface area contributed by atoms with Crippen LogP contribution in [0, 0.1) is 0 Å². The van der Waals surface area contributed by atoms with Gasteiger partial charge in [0.15, 0.2) is 0 Å². The summed E-state index contributed by atoms with van der Waals surface area (Å²) < 4.78 is 8.14. The van der Waals surface area contributed by atoms with Crippen LogP contribution < -0.4 is 0 Å². The lowest BCUT2D eigenvalue weighted by Crippen LogP contribution is -1.99. The predicted molar refractivity (Wildman–Crippen MR) is 63.9 cm³/mol. The minimum atomic E-state index is 0.798. The largest absolute Gasteiger partial charge is 0.385 e. The molecule has 0 N–H and O–H groups in total. The lowest BCUT2D eigenvalue weighted by molar-refractivity contribution is 0.190. The second-order valence-electron chi connectivity index (χ2n) is 3.42. The fourth-order valence-corrected chi connectivity index (χ4v) is 1.95. The minimum absolute atomic E-state index is 0.798. The summed E-state index contributed by atoms with van der Waals surface area (Å²) in [5, 5.41) is 1.18. The molecule has 0 aliphatic heterocycles. The Morgan fingerprint density at radius 2 is 2.40 bits per heavy atom. The van der Waals surface area contributed by atoms with E-state index in [-0.39, 0.29) is 0 Å². The van der Waals surface area contributed by atoms with Crippen molar-refractivity contribution in [2.75, 3.05) is 13.7 Å². The van der Waals surface area contributed by atoms with Crippen LogP contribution in [-0.4, -0.2) is 23.3 Å². The van der Waals surface area contributed by atoms with Crippen LogP contribution in [0.15, 0.2) is 29.1 Å². The SMILES string of the molecule is COCCCn1ccc2cnc(Br)cc21. The Morgan fingerprint density at radius 1 is 1.53 bits per heavy atom. The van der Waals surface area contributed by atoms with E-state index in [2.05, 4.69) is 37.7 Å². The van der Waals surface area contributed by atoms with Gasteiger partial charge in [-0.15, -0.1) is 0 Å². The van der Waals surface area contributed by atoms with Gasteiger partial charge in [0.2, 0.25) is 0 Å². The van der Waals surface area contributed by atoms with E-state index in [1.165, 1.54) is 10.9 Å². The molecular weight excluding hydrogens is 256 g/mol. The average Bonchev–Trinajstić information content (AvgIpc) is 2.62. The first-order valence-corrected chi connectivity index (χ1v) is 5.70. The highest BCUT2D eigenvalue weighted by Gasteiger charge is 2.01. The molecule has 0 aliphatic rings. The second-order valence-corrected chi connectivity index (χ2v) is 4.23. The van der Waals surface area contributed by atoms with Crippen molar-refractivity contribution in [3.8, 4) is 0 Å². The Bertz CT molecular complexity index is 453. The van der Waals surface area contributed by atoms with Crippen molar-refractivity contribution in [2.24, 2.45) is 0 Å². The maximum absolute atomic E-state index is 5.04. The van der Waals surface area contributed by atoms with Crippen LogP contribution in [0.3, 0.4) is 0 Å². The van der Waals surface area contributed by atoms with Gasteiger partial charge in [-0.05, 0) is 34.5 Å². The van der Waals surface area contributed by atoms with Crippen molar-refractivity contribution < 1.29 is 4.74 Å². The first kappa shape index (κ1) is 10.6. The van der Waals surface area contributed by atoms with Gasteiger partial charge in [-0.2, -0.15) is 0 Å². The van der Waals surface area contributed by atoms with Crippen molar-refractivity contribution in [1.29, 1.82) is 0 Å². The summed E-state index contributed by atoms with van der Waals surface area (Å²) >= 11 is 3.38. The smallest absolute Gasteiger partial charge is 0.108 e. The fourth-order valence-electron chi connectivity index (χ4n) is 1.63. The number of rotatable bonds is 4. The molecule has 0 unspecified atom stereocenters. The lowest BCUT2D eigenvalue weighted by atomic mass is 10.3. The molecule has 0 radical (unpaired) electrons. The highest BCUT2D eigenvalue weighted by atomic mass is 79.9. The molecule has 4 heteroatoms. The highest BCUT2D eigenvalue weighted by molar-refractivity contribution is 9.10. The third-order valence-electron chi connectivity index (χ3n) is 2.37. The van der Waals surface area contributed by atoms with Crippen molar-refractivity contribution in [2.45, 2.75) is 13.0 Å². The zero-order valence-corrected chi connectivity index (χ0v) is 10.2. The summed E-state index contributed by atoms with van der Waals surface area (Å²) in [6.45, 7) is 1.78. The molecular formula is C11H13BrN2O. The van der Waals surface area contributed by atoms with Crippen LogP contribution >= 0.6 is 15.9 Å². The monoisotopic (exact) mass is 268 g/mol. The van der Waals surface area contributed by atoms with E-state index in [1.54, 1.807) is 7.11 Å².